The molecule has 1 saturated heterocycles. The molecule has 0 aromatic heterocycles. The Morgan fingerprint density at radius 1 is 1.56 bits per heavy atom. The quantitative estimate of drug-likeness (QED) is 0.550. The molecule has 0 radical (unpaired) electrons. The number of halogens is 1. The lowest BCUT2D eigenvalue weighted by Gasteiger charge is -2.39. The summed E-state index contributed by atoms with van der Waals surface area (Å²) in [4.78, 5) is 1.89. The minimum atomic E-state index is -0.779. The third-order valence-electron chi connectivity index (χ3n) is 3.28. The van der Waals surface area contributed by atoms with Crippen LogP contribution in [-0.2, 0) is 0 Å². The third-order valence-corrected chi connectivity index (χ3v) is 3.28. The Morgan fingerprint density at radius 3 is 2.89 bits per heavy atom. The summed E-state index contributed by atoms with van der Waals surface area (Å²) in [6.07, 6.45) is 1.56. The summed E-state index contributed by atoms with van der Waals surface area (Å²) in [5.74, 6) is -0.779. The molecule has 0 bridgehead atoms. The fourth-order valence-corrected chi connectivity index (χ4v) is 2.47. The van der Waals surface area contributed by atoms with Crippen molar-refractivity contribution in [3.8, 4) is 0 Å². The van der Waals surface area contributed by atoms with E-state index in [2.05, 4.69) is 0 Å². The van der Waals surface area contributed by atoms with Crippen LogP contribution in [0.5, 0.6) is 0 Å². The van der Waals surface area contributed by atoms with Gasteiger partial charge in [0, 0.05) is 13.1 Å². The van der Waals surface area contributed by atoms with Crippen LogP contribution in [0.25, 0.3) is 0 Å². The number of benzene rings is 1. The summed E-state index contributed by atoms with van der Waals surface area (Å²) in [6, 6.07) is 4.63. The molecule has 1 aliphatic rings. The average molecular weight is 251 g/mol. The van der Waals surface area contributed by atoms with E-state index in [-0.39, 0.29) is 11.4 Å². The minimum absolute atomic E-state index is 0.121. The highest BCUT2D eigenvalue weighted by molar-refractivity contribution is 6.00. The van der Waals surface area contributed by atoms with Crippen LogP contribution in [0.2, 0.25) is 0 Å². The van der Waals surface area contributed by atoms with Gasteiger partial charge < -0.3 is 15.7 Å². The second kappa shape index (κ2) is 4.57. The molecule has 4 N–H and O–H groups in total. The standard InChI is InChI=1S/C13H18FN3O/c1-13(18)6-3-7-17(8-13)10-5-2-4-9(14)11(10)12(15)16/h2,4-5,18H,3,6-8H2,1H3,(H3,15,16). The van der Waals surface area contributed by atoms with Crippen molar-refractivity contribution in [2.24, 2.45) is 5.73 Å². The topological polar surface area (TPSA) is 73.3 Å². The maximum Gasteiger partial charge on any atom is 0.136 e. The predicted octanol–water partition coefficient (Wildman–Crippen LogP) is 1.46. The maximum absolute atomic E-state index is 13.7. The fraction of sp³-hybridized carbons (Fsp3) is 0.462. The molecule has 4 nitrogen and oxygen atoms in total. The first-order valence-electron chi connectivity index (χ1n) is 6.01. The second-order valence-electron chi connectivity index (χ2n) is 5.07. The van der Waals surface area contributed by atoms with E-state index in [1.807, 2.05) is 4.90 Å². The fourth-order valence-electron chi connectivity index (χ4n) is 2.47. The predicted molar refractivity (Wildman–Crippen MR) is 69.5 cm³/mol. The van der Waals surface area contributed by atoms with E-state index in [1.54, 1.807) is 19.1 Å². The van der Waals surface area contributed by atoms with E-state index in [1.165, 1.54) is 6.07 Å². The van der Waals surface area contributed by atoms with E-state index in [4.69, 9.17) is 11.1 Å². The van der Waals surface area contributed by atoms with Crippen molar-refractivity contribution in [3.63, 3.8) is 0 Å². The summed E-state index contributed by atoms with van der Waals surface area (Å²) in [5.41, 5.74) is 5.37. The van der Waals surface area contributed by atoms with Gasteiger partial charge in [0.25, 0.3) is 0 Å². The van der Waals surface area contributed by atoms with Crippen LogP contribution >= 0.6 is 0 Å². The molecule has 0 aliphatic carbocycles. The molecule has 98 valence electrons. The van der Waals surface area contributed by atoms with Gasteiger partial charge in [0.2, 0.25) is 0 Å². The van der Waals surface area contributed by atoms with Gasteiger partial charge in [0.15, 0.2) is 0 Å². The molecule has 18 heavy (non-hydrogen) atoms. The van der Waals surface area contributed by atoms with Crippen LogP contribution in [0.1, 0.15) is 25.3 Å². The van der Waals surface area contributed by atoms with Crippen molar-refractivity contribution in [2.45, 2.75) is 25.4 Å². The second-order valence-corrected chi connectivity index (χ2v) is 5.07. The van der Waals surface area contributed by atoms with Crippen molar-refractivity contribution in [1.29, 1.82) is 5.41 Å². The lowest BCUT2D eigenvalue weighted by molar-refractivity contribution is 0.0449. The van der Waals surface area contributed by atoms with Crippen LogP contribution in [0.3, 0.4) is 0 Å². The number of nitrogens with zero attached hydrogens (tertiary/aromatic N) is 1. The van der Waals surface area contributed by atoms with E-state index in [0.717, 1.165) is 19.4 Å². The van der Waals surface area contributed by atoms with Gasteiger partial charge in [-0.05, 0) is 31.9 Å². The number of rotatable bonds is 2. The lowest BCUT2D eigenvalue weighted by atomic mass is 9.94. The Balaban J connectivity index is 2.39. The van der Waals surface area contributed by atoms with Crippen LogP contribution in [-0.4, -0.2) is 29.6 Å². The molecule has 1 unspecified atom stereocenters. The highest BCUT2D eigenvalue weighted by Crippen LogP contribution is 2.29. The van der Waals surface area contributed by atoms with Gasteiger partial charge in [0.1, 0.15) is 11.7 Å². The zero-order valence-electron chi connectivity index (χ0n) is 10.4. The Hall–Kier alpha value is -1.62. The molecule has 0 spiro atoms. The van der Waals surface area contributed by atoms with Crippen molar-refractivity contribution < 1.29 is 9.50 Å². The summed E-state index contributed by atoms with van der Waals surface area (Å²) >= 11 is 0. The Morgan fingerprint density at radius 2 is 2.28 bits per heavy atom. The van der Waals surface area contributed by atoms with Crippen LogP contribution < -0.4 is 10.6 Å². The Kier molecular flexibility index (Phi) is 3.26. The number of nitrogens with one attached hydrogen (secondary N) is 1. The molecule has 0 saturated carbocycles. The first-order valence-corrected chi connectivity index (χ1v) is 6.01. The van der Waals surface area contributed by atoms with Gasteiger partial charge in [0.05, 0.1) is 16.9 Å². The SMILES string of the molecule is CC1(O)CCCN(c2cccc(F)c2C(=N)N)C1. The lowest BCUT2D eigenvalue weighted by Crippen LogP contribution is -2.46. The number of anilines is 1. The van der Waals surface area contributed by atoms with Crippen LogP contribution in [0.15, 0.2) is 18.2 Å². The van der Waals surface area contributed by atoms with Gasteiger partial charge in [-0.25, -0.2) is 4.39 Å². The molecule has 2 rings (SSSR count). The number of β-amino-alcohol motifs (C(OH)–C–C–N with tert-alkyl or cyclic N) is 1. The molecular formula is C13H18FN3O. The van der Waals surface area contributed by atoms with Gasteiger partial charge in [-0.2, -0.15) is 0 Å². The molecule has 5 heteroatoms. The maximum atomic E-state index is 13.7. The minimum Gasteiger partial charge on any atom is -0.388 e. The molecule has 1 heterocycles. The normalized spacial score (nSPS) is 24.1. The first kappa shape index (κ1) is 12.8. The van der Waals surface area contributed by atoms with Crippen LogP contribution in [0.4, 0.5) is 10.1 Å². The van der Waals surface area contributed by atoms with Crippen molar-refractivity contribution >= 4 is 11.5 Å². The molecule has 1 aromatic rings. The van der Waals surface area contributed by atoms with Gasteiger partial charge >= 0.3 is 0 Å². The molecule has 1 fully saturated rings. The van der Waals surface area contributed by atoms with Crippen LogP contribution in [0, 0.1) is 11.2 Å². The van der Waals surface area contributed by atoms with Gasteiger partial charge in [-0.15, -0.1) is 0 Å². The average Bonchev–Trinajstić information content (AvgIpc) is 2.26. The van der Waals surface area contributed by atoms with Gasteiger partial charge in [-0.1, -0.05) is 6.07 Å². The number of aliphatic hydroxyl groups is 1. The molecule has 1 aromatic carbocycles. The first-order chi connectivity index (χ1) is 8.41. The number of amidine groups is 1. The Bertz CT molecular complexity index is 473. The zero-order valence-corrected chi connectivity index (χ0v) is 10.4. The summed E-state index contributed by atoms with van der Waals surface area (Å²) < 4.78 is 13.7. The smallest absolute Gasteiger partial charge is 0.136 e. The number of nitrogen functional groups attached to an aromatic ring is 1. The van der Waals surface area contributed by atoms with Crippen molar-refractivity contribution in [1.82, 2.24) is 0 Å². The van der Waals surface area contributed by atoms with E-state index in [0.29, 0.717) is 12.2 Å². The van der Waals surface area contributed by atoms with Crippen molar-refractivity contribution in [3.05, 3.63) is 29.6 Å². The molecular weight excluding hydrogens is 233 g/mol. The number of hydrogen-bond donors (Lipinski definition) is 3. The monoisotopic (exact) mass is 251 g/mol. The third kappa shape index (κ3) is 2.46. The molecule has 1 atom stereocenters. The van der Waals surface area contributed by atoms with Gasteiger partial charge in [-0.3, -0.25) is 5.41 Å². The number of hydrogen-bond acceptors (Lipinski definition) is 3. The largest absolute Gasteiger partial charge is 0.388 e. The van der Waals surface area contributed by atoms with E-state index in [9.17, 15) is 9.50 Å². The van der Waals surface area contributed by atoms with Crippen molar-refractivity contribution in [2.75, 3.05) is 18.0 Å². The number of piperidine rings is 1. The molecule has 1 aliphatic heterocycles. The Labute approximate surface area is 106 Å². The summed E-state index contributed by atoms with van der Waals surface area (Å²) in [5, 5.41) is 17.6. The summed E-state index contributed by atoms with van der Waals surface area (Å²) in [7, 11) is 0. The summed E-state index contributed by atoms with van der Waals surface area (Å²) in [6.45, 7) is 2.93. The zero-order chi connectivity index (χ0) is 13.3. The molecule has 0 amide bonds. The van der Waals surface area contributed by atoms with E-state index < -0.39 is 11.4 Å². The highest BCUT2D eigenvalue weighted by Gasteiger charge is 2.30. The van der Waals surface area contributed by atoms with E-state index >= 15 is 0 Å². The number of nitrogens with two attached hydrogens (primary N) is 1. The highest BCUT2D eigenvalue weighted by atomic mass is 19.1.